The molecule has 0 saturated heterocycles. The normalized spacial score (nSPS) is 10.3. The van der Waals surface area contributed by atoms with Crippen LogP contribution in [0.4, 0.5) is 11.4 Å². The average Bonchev–Trinajstić information content (AvgIpc) is 2.33. The van der Waals surface area contributed by atoms with Gasteiger partial charge in [0, 0.05) is 15.2 Å². The summed E-state index contributed by atoms with van der Waals surface area (Å²) in [4.78, 5) is 12.1. The second kappa shape index (κ2) is 5.82. The predicted octanol–water partition coefficient (Wildman–Crippen LogP) is 4.59. The largest absolute Gasteiger partial charge is 0.399 e. The number of hydrogen-bond acceptors (Lipinski definition) is 2. The maximum absolute atomic E-state index is 12.1. The number of nitrogens with one attached hydrogen (secondary N) is 1. The number of halogens is 3. The van der Waals surface area contributed by atoms with Gasteiger partial charge in [-0.2, -0.15) is 0 Å². The van der Waals surface area contributed by atoms with E-state index in [9.17, 15) is 4.79 Å². The molecule has 0 aromatic heterocycles. The van der Waals surface area contributed by atoms with Gasteiger partial charge < -0.3 is 11.1 Å². The molecular weight excluding hydrogens is 351 g/mol. The summed E-state index contributed by atoms with van der Waals surface area (Å²) >= 11 is 15.1. The van der Waals surface area contributed by atoms with E-state index in [-0.39, 0.29) is 5.91 Å². The molecule has 0 saturated carbocycles. The van der Waals surface area contributed by atoms with Crippen molar-refractivity contribution in [3.8, 4) is 0 Å². The molecule has 0 fully saturated rings. The fraction of sp³-hybridized carbons (Fsp3) is 0. The second-order valence-electron chi connectivity index (χ2n) is 3.82. The highest BCUT2D eigenvalue weighted by Gasteiger charge is 2.12. The van der Waals surface area contributed by atoms with E-state index < -0.39 is 0 Å². The Morgan fingerprint density at radius 1 is 1.16 bits per heavy atom. The standard InChI is InChI=1S/C13H9BrCl2N2O/c14-10-5-7(15)1-3-9(10)13(19)18-12-6-8(17)2-4-11(12)16/h1-6H,17H2,(H,18,19). The van der Waals surface area contributed by atoms with E-state index in [1.54, 1.807) is 36.4 Å². The van der Waals surface area contributed by atoms with Crippen LogP contribution >= 0.6 is 39.1 Å². The summed E-state index contributed by atoms with van der Waals surface area (Å²) in [5.41, 5.74) is 7.11. The molecule has 1 amide bonds. The third kappa shape index (κ3) is 3.41. The fourth-order valence-corrected chi connectivity index (χ4v) is 2.53. The summed E-state index contributed by atoms with van der Waals surface area (Å²) < 4.78 is 0.609. The third-order valence-corrected chi connectivity index (χ3v) is 3.64. The number of benzene rings is 2. The van der Waals surface area contributed by atoms with Crippen molar-refractivity contribution >= 4 is 56.4 Å². The van der Waals surface area contributed by atoms with Gasteiger partial charge >= 0.3 is 0 Å². The minimum atomic E-state index is -0.295. The molecule has 6 heteroatoms. The van der Waals surface area contributed by atoms with Gasteiger partial charge in [-0.1, -0.05) is 23.2 Å². The molecule has 98 valence electrons. The molecular formula is C13H9BrCl2N2O. The van der Waals surface area contributed by atoms with Crippen LogP contribution in [0, 0.1) is 0 Å². The molecule has 3 nitrogen and oxygen atoms in total. The highest BCUT2D eigenvalue weighted by Crippen LogP contribution is 2.26. The number of nitrogen functional groups attached to an aromatic ring is 1. The van der Waals surface area contributed by atoms with E-state index in [2.05, 4.69) is 21.2 Å². The molecule has 0 unspecified atom stereocenters. The fourth-order valence-electron chi connectivity index (χ4n) is 1.50. The van der Waals surface area contributed by atoms with Crippen molar-refractivity contribution < 1.29 is 4.79 Å². The summed E-state index contributed by atoms with van der Waals surface area (Å²) in [6.07, 6.45) is 0. The topological polar surface area (TPSA) is 55.1 Å². The first-order valence-electron chi connectivity index (χ1n) is 5.29. The Bertz CT molecular complexity index is 647. The Balaban J connectivity index is 2.28. The van der Waals surface area contributed by atoms with Crippen LogP contribution in [0.15, 0.2) is 40.9 Å². The van der Waals surface area contributed by atoms with E-state index in [4.69, 9.17) is 28.9 Å². The minimum Gasteiger partial charge on any atom is -0.399 e. The quantitative estimate of drug-likeness (QED) is 0.770. The van der Waals surface area contributed by atoms with E-state index in [0.717, 1.165) is 0 Å². The number of carbonyl (C=O) groups excluding carboxylic acids is 1. The highest BCUT2D eigenvalue weighted by atomic mass is 79.9. The SMILES string of the molecule is Nc1ccc(Cl)c(NC(=O)c2ccc(Cl)cc2Br)c1. The van der Waals surface area contributed by atoms with Crippen LogP contribution in [0.3, 0.4) is 0 Å². The first-order valence-corrected chi connectivity index (χ1v) is 6.83. The first-order chi connectivity index (χ1) is 8.97. The van der Waals surface area contributed by atoms with Gasteiger partial charge in [0.1, 0.15) is 0 Å². The van der Waals surface area contributed by atoms with Crippen LogP contribution in [-0.2, 0) is 0 Å². The number of anilines is 2. The lowest BCUT2D eigenvalue weighted by molar-refractivity contribution is 0.102. The molecule has 2 aromatic carbocycles. The molecule has 0 atom stereocenters. The Kier molecular flexibility index (Phi) is 4.34. The predicted molar refractivity (Wildman–Crippen MR) is 83.0 cm³/mol. The van der Waals surface area contributed by atoms with Crippen molar-refractivity contribution in [1.29, 1.82) is 0 Å². The van der Waals surface area contributed by atoms with Gasteiger partial charge in [0.05, 0.1) is 16.3 Å². The number of amides is 1. The van der Waals surface area contributed by atoms with Crippen molar-refractivity contribution in [3.05, 3.63) is 56.5 Å². The molecule has 0 aliphatic carbocycles. The zero-order chi connectivity index (χ0) is 14.0. The summed E-state index contributed by atoms with van der Waals surface area (Å²) in [6.45, 7) is 0. The van der Waals surface area contributed by atoms with Crippen molar-refractivity contribution in [2.24, 2.45) is 0 Å². The maximum atomic E-state index is 12.1. The maximum Gasteiger partial charge on any atom is 0.256 e. The summed E-state index contributed by atoms with van der Waals surface area (Å²) in [7, 11) is 0. The van der Waals surface area contributed by atoms with Gasteiger partial charge in [0.2, 0.25) is 0 Å². The van der Waals surface area contributed by atoms with Gasteiger partial charge in [-0.05, 0) is 52.3 Å². The lowest BCUT2D eigenvalue weighted by Gasteiger charge is -2.09. The minimum absolute atomic E-state index is 0.295. The van der Waals surface area contributed by atoms with Crippen molar-refractivity contribution in [3.63, 3.8) is 0 Å². The summed E-state index contributed by atoms with van der Waals surface area (Å²) in [5.74, 6) is -0.295. The third-order valence-electron chi connectivity index (χ3n) is 2.41. The van der Waals surface area contributed by atoms with Gasteiger partial charge in [0.25, 0.3) is 5.91 Å². The second-order valence-corrected chi connectivity index (χ2v) is 5.52. The van der Waals surface area contributed by atoms with Gasteiger partial charge in [0.15, 0.2) is 0 Å². The van der Waals surface area contributed by atoms with Crippen LogP contribution in [0.5, 0.6) is 0 Å². The molecule has 0 spiro atoms. The molecule has 0 bridgehead atoms. The van der Waals surface area contributed by atoms with Crippen LogP contribution in [0.1, 0.15) is 10.4 Å². The average molecular weight is 360 g/mol. The van der Waals surface area contributed by atoms with Crippen LogP contribution < -0.4 is 11.1 Å². The van der Waals surface area contributed by atoms with E-state index in [1.807, 2.05) is 0 Å². The lowest BCUT2D eigenvalue weighted by Crippen LogP contribution is -2.13. The highest BCUT2D eigenvalue weighted by molar-refractivity contribution is 9.10. The molecule has 2 aromatic rings. The van der Waals surface area contributed by atoms with Gasteiger partial charge in [-0.3, -0.25) is 4.79 Å². The zero-order valence-corrected chi connectivity index (χ0v) is 12.7. The summed E-state index contributed by atoms with van der Waals surface area (Å²) in [5, 5.41) is 3.67. The van der Waals surface area contributed by atoms with Crippen molar-refractivity contribution in [2.45, 2.75) is 0 Å². The molecule has 2 rings (SSSR count). The number of hydrogen-bond donors (Lipinski definition) is 2. The van der Waals surface area contributed by atoms with Crippen LogP contribution in [0.25, 0.3) is 0 Å². The lowest BCUT2D eigenvalue weighted by atomic mass is 10.2. The van der Waals surface area contributed by atoms with Gasteiger partial charge in [-0.25, -0.2) is 0 Å². The van der Waals surface area contributed by atoms with Crippen LogP contribution in [-0.4, -0.2) is 5.91 Å². The Hall–Kier alpha value is -1.23. The molecule has 3 N–H and O–H groups in total. The molecule has 0 radical (unpaired) electrons. The van der Waals surface area contributed by atoms with Crippen LogP contribution in [0.2, 0.25) is 10.0 Å². The molecule has 0 aliphatic heterocycles. The molecule has 19 heavy (non-hydrogen) atoms. The van der Waals surface area contributed by atoms with Crippen molar-refractivity contribution in [2.75, 3.05) is 11.1 Å². The van der Waals surface area contributed by atoms with E-state index >= 15 is 0 Å². The summed E-state index contributed by atoms with van der Waals surface area (Å²) in [6, 6.07) is 9.81. The van der Waals surface area contributed by atoms with E-state index in [0.29, 0.717) is 31.5 Å². The van der Waals surface area contributed by atoms with Gasteiger partial charge in [-0.15, -0.1) is 0 Å². The number of nitrogens with two attached hydrogens (primary N) is 1. The number of carbonyl (C=O) groups is 1. The Morgan fingerprint density at radius 2 is 1.89 bits per heavy atom. The smallest absolute Gasteiger partial charge is 0.256 e. The molecule has 0 aliphatic rings. The van der Waals surface area contributed by atoms with Crippen molar-refractivity contribution in [1.82, 2.24) is 0 Å². The zero-order valence-electron chi connectivity index (χ0n) is 9.58. The first kappa shape index (κ1) is 14.2. The molecule has 0 heterocycles. The Labute approximate surface area is 128 Å². The Morgan fingerprint density at radius 3 is 2.58 bits per heavy atom. The van der Waals surface area contributed by atoms with E-state index in [1.165, 1.54) is 0 Å². The monoisotopic (exact) mass is 358 g/mol. The number of rotatable bonds is 2.